The average Bonchev–Trinajstić information content (AvgIpc) is 2.52. The molecule has 2 aromatic carbocycles. The third kappa shape index (κ3) is 5.17. The molecule has 0 spiro atoms. The maximum absolute atomic E-state index is 12.0. The van der Waals surface area contributed by atoms with Crippen molar-refractivity contribution in [3.63, 3.8) is 0 Å². The monoisotopic (exact) mass is 424 g/mol. The van der Waals surface area contributed by atoms with Crippen molar-refractivity contribution in [2.45, 2.75) is 6.92 Å². The molecule has 0 aliphatic carbocycles. The molecule has 6 heteroatoms. The zero-order chi connectivity index (χ0) is 16.8. The summed E-state index contributed by atoms with van der Waals surface area (Å²) in [6, 6.07) is 13.0. The lowest BCUT2D eigenvalue weighted by molar-refractivity contribution is -0.131. The quantitative estimate of drug-likeness (QED) is 0.319. The molecule has 0 bridgehead atoms. The number of hydrogen-bond acceptors (Lipinski definition) is 5. The SMILES string of the molecule is CC(=O)Oc1ccc(C(=O)COC(=O)c2cccc(I)c2)cc1. The van der Waals surface area contributed by atoms with E-state index in [9.17, 15) is 14.4 Å². The zero-order valence-electron chi connectivity index (χ0n) is 12.2. The van der Waals surface area contributed by atoms with Gasteiger partial charge in [0.15, 0.2) is 12.4 Å². The molecule has 23 heavy (non-hydrogen) atoms. The highest BCUT2D eigenvalue weighted by molar-refractivity contribution is 14.1. The van der Waals surface area contributed by atoms with E-state index in [0.29, 0.717) is 16.9 Å². The van der Waals surface area contributed by atoms with Gasteiger partial charge in [-0.15, -0.1) is 0 Å². The van der Waals surface area contributed by atoms with E-state index >= 15 is 0 Å². The number of carbonyl (C=O) groups excluding carboxylic acids is 3. The lowest BCUT2D eigenvalue weighted by Gasteiger charge is -2.06. The number of ketones is 1. The van der Waals surface area contributed by atoms with Crippen molar-refractivity contribution in [3.05, 3.63) is 63.2 Å². The molecule has 2 rings (SSSR count). The fourth-order valence-corrected chi connectivity index (χ4v) is 2.33. The summed E-state index contributed by atoms with van der Waals surface area (Å²) >= 11 is 2.09. The lowest BCUT2D eigenvalue weighted by Crippen LogP contribution is -2.14. The molecule has 0 aliphatic heterocycles. The normalized spacial score (nSPS) is 10.0. The van der Waals surface area contributed by atoms with Crippen LogP contribution < -0.4 is 4.74 Å². The Kier molecular flexibility index (Phi) is 5.86. The van der Waals surface area contributed by atoms with Crippen LogP contribution in [0.4, 0.5) is 0 Å². The number of benzene rings is 2. The van der Waals surface area contributed by atoms with Crippen molar-refractivity contribution in [3.8, 4) is 5.75 Å². The van der Waals surface area contributed by atoms with Crippen molar-refractivity contribution < 1.29 is 23.9 Å². The highest BCUT2D eigenvalue weighted by Gasteiger charge is 2.12. The van der Waals surface area contributed by atoms with Crippen LogP contribution in [-0.2, 0) is 9.53 Å². The first kappa shape index (κ1) is 17.1. The molecule has 118 valence electrons. The minimum atomic E-state index is -0.548. The van der Waals surface area contributed by atoms with E-state index < -0.39 is 11.9 Å². The Morgan fingerprint density at radius 2 is 1.70 bits per heavy atom. The first-order chi connectivity index (χ1) is 11.0. The highest BCUT2D eigenvalue weighted by Crippen LogP contribution is 2.13. The van der Waals surface area contributed by atoms with Crippen molar-refractivity contribution >= 4 is 40.3 Å². The van der Waals surface area contributed by atoms with Crippen LogP contribution in [0.3, 0.4) is 0 Å². The van der Waals surface area contributed by atoms with Gasteiger partial charge in [0, 0.05) is 16.1 Å². The molecule has 0 heterocycles. The van der Waals surface area contributed by atoms with Crippen molar-refractivity contribution in [1.82, 2.24) is 0 Å². The molecule has 0 aliphatic rings. The van der Waals surface area contributed by atoms with Gasteiger partial charge in [-0.3, -0.25) is 9.59 Å². The molecule has 0 saturated carbocycles. The fraction of sp³-hybridized carbons (Fsp3) is 0.118. The maximum Gasteiger partial charge on any atom is 0.338 e. The Hall–Kier alpha value is -2.22. The van der Waals surface area contributed by atoms with Gasteiger partial charge in [-0.2, -0.15) is 0 Å². The van der Waals surface area contributed by atoms with Crippen LogP contribution in [0.15, 0.2) is 48.5 Å². The van der Waals surface area contributed by atoms with Gasteiger partial charge in [0.25, 0.3) is 0 Å². The third-order valence-electron chi connectivity index (χ3n) is 2.83. The molecule has 0 amide bonds. The highest BCUT2D eigenvalue weighted by atomic mass is 127. The summed E-state index contributed by atoms with van der Waals surface area (Å²) in [6.45, 7) is 0.945. The minimum Gasteiger partial charge on any atom is -0.454 e. The smallest absolute Gasteiger partial charge is 0.338 e. The number of rotatable bonds is 5. The maximum atomic E-state index is 12.0. The van der Waals surface area contributed by atoms with Gasteiger partial charge in [-0.25, -0.2) is 4.79 Å². The Labute approximate surface area is 146 Å². The second kappa shape index (κ2) is 7.87. The van der Waals surface area contributed by atoms with Gasteiger partial charge >= 0.3 is 11.9 Å². The van der Waals surface area contributed by atoms with E-state index in [2.05, 4.69) is 22.6 Å². The van der Waals surface area contributed by atoms with Crippen LogP contribution in [0.5, 0.6) is 5.75 Å². The van der Waals surface area contributed by atoms with Crippen molar-refractivity contribution in [2.24, 2.45) is 0 Å². The summed E-state index contributed by atoms with van der Waals surface area (Å²) in [4.78, 5) is 34.7. The van der Waals surface area contributed by atoms with Crippen LogP contribution in [0.1, 0.15) is 27.6 Å². The van der Waals surface area contributed by atoms with Crippen LogP contribution in [0.25, 0.3) is 0 Å². The number of Topliss-reactive ketones (excluding diaryl/α,β-unsaturated/α-hetero) is 1. The number of halogens is 1. The van der Waals surface area contributed by atoms with Crippen LogP contribution in [0, 0.1) is 3.57 Å². The van der Waals surface area contributed by atoms with E-state index in [1.165, 1.54) is 31.2 Å². The first-order valence-electron chi connectivity index (χ1n) is 6.70. The first-order valence-corrected chi connectivity index (χ1v) is 7.78. The number of hydrogen-bond donors (Lipinski definition) is 0. The van der Waals surface area contributed by atoms with E-state index in [4.69, 9.17) is 9.47 Å². The minimum absolute atomic E-state index is 0.335. The summed E-state index contributed by atoms with van der Waals surface area (Å²) in [6.07, 6.45) is 0. The molecule has 0 atom stereocenters. The molecule has 0 unspecified atom stereocenters. The molecular weight excluding hydrogens is 411 g/mol. The molecule has 0 saturated heterocycles. The summed E-state index contributed by atoms with van der Waals surface area (Å²) < 4.78 is 10.8. The Bertz CT molecular complexity index is 737. The Morgan fingerprint density at radius 1 is 1.00 bits per heavy atom. The predicted octanol–water partition coefficient (Wildman–Crippen LogP) is 3.26. The number of ether oxygens (including phenoxy) is 2. The number of esters is 2. The molecule has 2 aromatic rings. The fourth-order valence-electron chi connectivity index (χ4n) is 1.79. The van der Waals surface area contributed by atoms with Gasteiger partial charge in [-0.1, -0.05) is 6.07 Å². The van der Waals surface area contributed by atoms with Gasteiger partial charge < -0.3 is 9.47 Å². The topological polar surface area (TPSA) is 69.7 Å². The van der Waals surface area contributed by atoms with E-state index in [-0.39, 0.29) is 12.4 Å². The molecule has 0 N–H and O–H groups in total. The molecule has 0 fully saturated rings. The molecule has 0 radical (unpaired) electrons. The predicted molar refractivity (Wildman–Crippen MR) is 91.5 cm³/mol. The molecule has 0 aromatic heterocycles. The van der Waals surface area contributed by atoms with E-state index in [1.54, 1.807) is 18.2 Å². The summed E-state index contributed by atoms with van der Waals surface area (Å²) in [7, 11) is 0. The van der Waals surface area contributed by atoms with Crippen molar-refractivity contribution in [2.75, 3.05) is 6.61 Å². The lowest BCUT2D eigenvalue weighted by atomic mass is 10.1. The average molecular weight is 424 g/mol. The Balaban J connectivity index is 1.94. The van der Waals surface area contributed by atoms with Crippen LogP contribution >= 0.6 is 22.6 Å². The van der Waals surface area contributed by atoms with Gasteiger partial charge in [0.2, 0.25) is 0 Å². The summed E-state index contributed by atoms with van der Waals surface area (Å²) in [5.74, 6) is -0.966. The van der Waals surface area contributed by atoms with Gasteiger partial charge in [-0.05, 0) is 65.1 Å². The van der Waals surface area contributed by atoms with E-state index in [0.717, 1.165) is 3.57 Å². The molecular formula is C17H13IO5. The third-order valence-corrected chi connectivity index (χ3v) is 3.50. The van der Waals surface area contributed by atoms with Crippen LogP contribution in [0.2, 0.25) is 0 Å². The van der Waals surface area contributed by atoms with Crippen molar-refractivity contribution in [1.29, 1.82) is 0 Å². The summed E-state index contributed by atoms with van der Waals surface area (Å²) in [5, 5.41) is 0. The number of carbonyl (C=O) groups is 3. The zero-order valence-corrected chi connectivity index (χ0v) is 14.4. The second-order valence-corrected chi connectivity index (χ2v) is 5.87. The Morgan fingerprint density at radius 3 is 2.30 bits per heavy atom. The molecule has 5 nitrogen and oxygen atoms in total. The second-order valence-electron chi connectivity index (χ2n) is 4.63. The standard InChI is InChI=1S/C17H13IO5/c1-11(19)23-15-7-5-12(6-8-15)16(20)10-22-17(21)13-3-2-4-14(18)9-13/h2-9H,10H2,1H3. The van der Waals surface area contributed by atoms with Gasteiger partial charge in [0.05, 0.1) is 5.56 Å². The summed E-state index contributed by atoms with van der Waals surface area (Å²) in [5.41, 5.74) is 0.770. The largest absolute Gasteiger partial charge is 0.454 e. The van der Waals surface area contributed by atoms with Crippen LogP contribution in [-0.4, -0.2) is 24.3 Å². The van der Waals surface area contributed by atoms with E-state index in [1.807, 2.05) is 6.07 Å². The van der Waals surface area contributed by atoms with Gasteiger partial charge in [0.1, 0.15) is 5.75 Å².